The molecule has 216 valence electrons. The minimum atomic E-state index is 0.129. The number of aldehydes is 2. The molecule has 1 aliphatic carbocycles. The van der Waals surface area contributed by atoms with E-state index in [0.29, 0.717) is 17.5 Å². The van der Waals surface area contributed by atoms with Crippen molar-refractivity contribution in [3.63, 3.8) is 0 Å². The molecule has 2 aliphatic heterocycles. The van der Waals surface area contributed by atoms with Crippen LogP contribution in [0.1, 0.15) is 25.7 Å². The molecule has 0 spiro atoms. The number of nitrogens with one attached hydrogen (secondary N) is 1. The van der Waals surface area contributed by atoms with Crippen LogP contribution < -0.4 is 20.8 Å². The highest BCUT2D eigenvalue weighted by atomic mass is 16.5. The van der Waals surface area contributed by atoms with Gasteiger partial charge in [-0.2, -0.15) is 5.10 Å². The third-order valence-corrected chi connectivity index (χ3v) is 7.18. The number of hydrogen-bond acceptors (Lipinski definition) is 8. The molecule has 2 unspecified atom stereocenters. The van der Waals surface area contributed by atoms with Gasteiger partial charge in [-0.3, -0.25) is 9.59 Å². The second-order valence-corrected chi connectivity index (χ2v) is 10.5. The van der Waals surface area contributed by atoms with Crippen molar-refractivity contribution in [2.24, 2.45) is 22.7 Å². The molecule has 2 heterocycles. The fourth-order valence-electron chi connectivity index (χ4n) is 5.32. The molecule has 0 saturated carbocycles. The summed E-state index contributed by atoms with van der Waals surface area (Å²) >= 11 is 0. The number of likely N-dealkylation sites (N-methyl/N-ethyl adjacent to an activating group) is 1. The summed E-state index contributed by atoms with van der Waals surface area (Å²) in [4.78, 5) is 28.4. The molecule has 0 radical (unpaired) electrons. The lowest BCUT2D eigenvalue weighted by molar-refractivity contribution is -0.105. The van der Waals surface area contributed by atoms with Gasteiger partial charge in [0.25, 0.3) is 0 Å². The molecular weight excluding hydrogens is 504 g/mol. The SMILES string of the molecule is CN(C)C/C=C/C=O.CN/N=C(/N)C1=C(C=O)C(C2CCCN(C)C2)CN1c1ccc(OC2=CCCC=C2)cc1. The average Bonchev–Trinajstić information content (AvgIpc) is 3.34. The standard InChI is InChI=1S/C25H33N5O2.C6H11NO/c1-27-28-25(26)24-23(17-31)22(18-7-6-14-29(2)15-18)16-30(24)19-10-12-21(13-11-19)32-20-8-4-3-5-9-20;1-7(2)5-3-4-6-8/h4,8-13,17-18,22,27H,3,5-7,14-16H2,1-2H3,(H2,26,28);3-4,6H,5H2,1-2H3/b;4-3+. The van der Waals surface area contributed by atoms with Crippen molar-refractivity contribution >= 4 is 24.1 Å². The van der Waals surface area contributed by atoms with Gasteiger partial charge in [0, 0.05) is 43.9 Å². The zero-order chi connectivity index (χ0) is 28.9. The van der Waals surface area contributed by atoms with Crippen LogP contribution in [0.3, 0.4) is 0 Å². The average molecular weight is 549 g/mol. The Morgan fingerprint density at radius 1 is 1.20 bits per heavy atom. The second-order valence-electron chi connectivity index (χ2n) is 10.5. The molecule has 0 aromatic heterocycles. The van der Waals surface area contributed by atoms with Gasteiger partial charge in [-0.1, -0.05) is 12.2 Å². The highest BCUT2D eigenvalue weighted by Gasteiger charge is 2.39. The number of anilines is 1. The normalized spacial score (nSPS) is 21.8. The summed E-state index contributed by atoms with van der Waals surface area (Å²) < 4.78 is 5.98. The molecule has 40 heavy (non-hydrogen) atoms. The molecule has 2 atom stereocenters. The van der Waals surface area contributed by atoms with Gasteiger partial charge >= 0.3 is 0 Å². The Labute approximate surface area is 238 Å². The number of allylic oxidation sites excluding steroid dienone is 4. The Bertz CT molecular complexity index is 1140. The molecule has 9 nitrogen and oxygen atoms in total. The van der Waals surface area contributed by atoms with Gasteiger partial charge in [0.1, 0.15) is 24.1 Å². The summed E-state index contributed by atoms with van der Waals surface area (Å²) in [6.45, 7) is 3.65. The van der Waals surface area contributed by atoms with Crippen molar-refractivity contribution in [2.45, 2.75) is 25.7 Å². The molecule has 1 aromatic rings. The van der Waals surface area contributed by atoms with Gasteiger partial charge in [0.15, 0.2) is 5.84 Å². The van der Waals surface area contributed by atoms with Gasteiger partial charge in [0.05, 0.1) is 5.70 Å². The van der Waals surface area contributed by atoms with E-state index in [2.05, 4.69) is 39.5 Å². The topological polar surface area (TPSA) is 103 Å². The number of hydrogen-bond donors (Lipinski definition) is 2. The van der Waals surface area contributed by atoms with Gasteiger partial charge in [-0.15, -0.1) is 0 Å². The molecule has 3 aliphatic rings. The molecule has 1 aromatic carbocycles. The Morgan fingerprint density at radius 3 is 2.58 bits per heavy atom. The second kappa shape index (κ2) is 15.8. The maximum absolute atomic E-state index is 12.3. The highest BCUT2D eigenvalue weighted by Crippen LogP contribution is 2.39. The van der Waals surface area contributed by atoms with E-state index in [1.807, 2.05) is 55.4 Å². The number of rotatable bonds is 10. The van der Waals surface area contributed by atoms with E-state index in [9.17, 15) is 9.59 Å². The summed E-state index contributed by atoms with van der Waals surface area (Å²) in [5.41, 5.74) is 11.5. The van der Waals surface area contributed by atoms with E-state index in [-0.39, 0.29) is 5.92 Å². The first-order valence-corrected chi connectivity index (χ1v) is 13.9. The van der Waals surface area contributed by atoms with Crippen molar-refractivity contribution in [2.75, 3.05) is 59.3 Å². The quantitative estimate of drug-likeness (QED) is 0.151. The van der Waals surface area contributed by atoms with E-state index >= 15 is 0 Å². The van der Waals surface area contributed by atoms with E-state index in [1.54, 1.807) is 7.05 Å². The minimum Gasteiger partial charge on any atom is -0.458 e. The summed E-state index contributed by atoms with van der Waals surface area (Å²) in [5.74, 6) is 2.54. The molecule has 9 heteroatoms. The summed E-state index contributed by atoms with van der Waals surface area (Å²) in [6, 6.07) is 7.97. The number of carbonyl (C=O) groups is 2. The molecule has 1 saturated heterocycles. The number of piperidine rings is 1. The summed E-state index contributed by atoms with van der Waals surface area (Å²) in [6.07, 6.45) is 15.6. The Kier molecular flexibility index (Phi) is 12.2. The maximum Gasteiger partial charge on any atom is 0.167 e. The fourth-order valence-corrected chi connectivity index (χ4v) is 5.32. The van der Waals surface area contributed by atoms with Crippen molar-refractivity contribution in [3.8, 4) is 5.75 Å². The predicted octanol–water partition coefficient (Wildman–Crippen LogP) is 3.33. The van der Waals surface area contributed by atoms with Crippen LogP contribution in [0.25, 0.3) is 0 Å². The number of amidine groups is 1. The number of carbonyl (C=O) groups excluding carboxylic acids is 2. The largest absolute Gasteiger partial charge is 0.458 e. The zero-order valence-electron chi connectivity index (χ0n) is 24.3. The van der Waals surface area contributed by atoms with Crippen LogP contribution in [-0.2, 0) is 9.59 Å². The van der Waals surface area contributed by atoms with Gasteiger partial charge in [0.2, 0.25) is 0 Å². The Hall–Kier alpha value is -3.69. The molecule has 4 rings (SSSR count). The van der Waals surface area contributed by atoms with Crippen LogP contribution in [0, 0.1) is 11.8 Å². The van der Waals surface area contributed by atoms with E-state index in [0.717, 1.165) is 87.2 Å². The smallest absolute Gasteiger partial charge is 0.167 e. The lowest BCUT2D eigenvalue weighted by Gasteiger charge is -2.34. The number of likely N-dealkylation sites (tertiary alicyclic amines) is 1. The third kappa shape index (κ3) is 8.66. The third-order valence-electron chi connectivity index (χ3n) is 7.18. The number of nitrogens with two attached hydrogens (primary N) is 1. The first kappa shape index (κ1) is 30.8. The number of hydrazone groups is 1. The monoisotopic (exact) mass is 548 g/mol. The highest BCUT2D eigenvalue weighted by molar-refractivity contribution is 6.06. The van der Waals surface area contributed by atoms with E-state index < -0.39 is 0 Å². The van der Waals surface area contributed by atoms with E-state index in [4.69, 9.17) is 10.5 Å². The molecule has 3 N–H and O–H groups in total. The number of ether oxygens (including phenoxy) is 1. The van der Waals surface area contributed by atoms with Crippen LogP contribution in [-0.4, -0.2) is 82.6 Å². The first-order chi connectivity index (χ1) is 19.4. The Morgan fingerprint density at radius 2 is 1.98 bits per heavy atom. The van der Waals surface area contributed by atoms with Crippen molar-refractivity contribution in [1.29, 1.82) is 0 Å². The van der Waals surface area contributed by atoms with Crippen molar-refractivity contribution in [1.82, 2.24) is 15.2 Å². The first-order valence-electron chi connectivity index (χ1n) is 13.9. The number of benzene rings is 1. The van der Waals surface area contributed by atoms with Crippen molar-refractivity contribution < 1.29 is 14.3 Å². The van der Waals surface area contributed by atoms with Crippen LogP contribution in [0.2, 0.25) is 0 Å². The zero-order valence-corrected chi connectivity index (χ0v) is 24.3. The lowest BCUT2D eigenvalue weighted by atomic mass is 9.82. The lowest BCUT2D eigenvalue weighted by Crippen LogP contribution is -2.38. The molecule has 0 bridgehead atoms. The van der Waals surface area contributed by atoms with Crippen molar-refractivity contribution in [3.05, 3.63) is 71.7 Å². The molecular formula is C31H44N6O3. The Balaban J connectivity index is 0.000000482. The summed E-state index contributed by atoms with van der Waals surface area (Å²) in [7, 11) is 7.77. The van der Waals surface area contributed by atoms with Gasteiger partial charge < -0.3 is 30.6 Å². The predicted molar refractivity (Wildman–Crippen MR) is 162 cm³/mol. The van der Waals surface area contributed by atoms with Crippen LogP contribution in [0.4, 0.5) is 5.69 Å². The van der Waals surface area contributed by atoms with Crippen LogP contribution in [0.5, 0.6) is 5.75 Å². The fraction of sp³-hybridized carbons (Fsp3) is 0.452. The minimum absolute atomic E-state index is 0.129. The van der Waals surface area contributed by atoms with Gasteiger partial charge in [-0.05, 0) is 102 Å². The number of nitrogens with zero attached hydrogens (tertiary/aromatic N) is 4. The molecule has 1 fully saturated rings. The van der Waals surface area contributed by atoms with Crippen LogP contribution >= 0.6 is 0 Å². The summed E-state index contributed by atoms with van der Waals surface area (Å²) in [5, 5.41) is 4.21. The maximum atomic E-state index is 12.3. The molecule has 0 amide bonds. The van der Waals surface area contributed by atoms with Gasteiger partial charge in [-0.25, -0.2) is 0 Å². The van der Waals surface area contributed by atoms with Crippen LogP contribution in [0.15, 0.2) is 76.8 Å². The van der Waals surface area contributed by atoms with E-state index in [1.165, 1.54) is 6.08 Å².